The Morgan fingerprint density at radius 2 is 2.05 bits per heavy atom. The fourth-order valence-corrected chi connectivity index (χ4v) is 2.70. The molecule has 0 amide bonds. The standard InChI is InChI=1S/C14H24N4O2/c1-10(2)20-13-11(15)12(16-9-17-13)18(3)8-14(19)6-4-5-7-14/h9-10,19H,4-8,15H2,1-3H3. The maximum Gasteiger partial charge on any atom is 0.242 e. The molecule has 20 heavy (non-hydrogen) atoms. The van der Waals surface area contributed by atoms with E-state index in [1.807, 2.05) is 25.8 Å². The second-order valence-corrected chi connectivity index (χ2v) is 5.87. The lowest BCUT2D eigenvalue weighted by molar-refractivity contribution is 0.0558. The maximum absolute atomic E-state index is 10.5. The van der Waals surface area contributed by atoms with Crippen molar-refractivity contribution in [3.63, 3.8) is 0 Å². The van der Waals surface area contributed by atoms with Crippen LogP contribution in [0.1, 0.15) is 39.5 Å². The van der Waals surface area contributed by atoms with Gasteiger partial charge < -0.3 is 20.5 Å². The minimum atomic E-state index is -0.634. The molecule has 1 heterocycles. The summed E-state index contributed by atoms with van der Waals surface area (Å²) in [6.07, 6.45) is 5.26. The van der Waals surface area contributed by atoms with Gasteiger partial charge in [-0.25, -0.2) is 4.98 Å². The van der Waals surface area contributed by atoms with Crippen molar-refractivity contribution in [3.8, 4) is 5.88 Å². The van der Waals surface area contributed by atoms with Crippen LogP contribution in [0.5, 0.6) is 5.88 Å². The van der Waals surface area contributed by atoms with Crippen molar-refractivity contribution in [2.45, 2.75) is 51.2 Å². The monoisotopic (exact) mass is 280 g/mol. The smallest absolute Gasteiger partial charge is 0.242 e. The van der Waals surface area contributed by atoms with Crippen LogP contribution >= 0.6 is 0 Å². The van der Waals surface area contributed by atoms with E-state index < -0.39 is 5.60 Å². The topological polar surface area (TPSA) is 84.5 Å². The van der Waals surface area contributed by atoms with Crippen molar-refractivity contribution >= 4 is 11.5 Å². The molecule has 112 valence electrons. The van der Waals surface area contributed by atoms with E-state index in [0.29, 0.717) is 23.9 Å². The summed E-state index contributed by atoms with van der Waals surface area (Å²) in [5, 5.41) is 10.5. The van der Waals surface area contributed by atoms with Gasteiger partial charge >= 0.3 is 0 Å². The molecular formula is C14H24N4O2. The summed E-state index contributed by atoms with van der Waals surface area (Å²) in [6, 6.07) is 0. The second-order valence-electron chi connectivity index (χ2n) is 5.87. The number of nitrogen functional groups attached to an aromatic ring is 1. The zero-order valence-electron chi connectivity index (χ0n) is 12.5. The highest BCUT2D eigenvalue weighted by atomic mass is 16.5. The first-order chi connectivity index (χ1) is 9.41. The van der Waals surface area contributed by atoms with E-state index >= 15 is 0 Å². The zero-order chi connectivity index (χ0) is 14.8. The van der Waals surface area contributed by atoms with Gasteiger partial charge in [-0.2, -0.15) is 4.98 Å². The van der Waals surface area contributed by atoms with Crippen molar-refractivity contribution in [1.82, 2.24) is 9.97 Å². The summed E-state index contributed by atoms with van der Waals surface area (Å²) in [5.41, 5.74) is 5.86. The van der Waals surface area contributed by atoms with E-state index in [1.54, 1.807) is 0 Å². The summed E-state index contributed by atoms with van der Waals surface area (Å²) in [5.74, 6) is 1.01. The van der Waals surface area contributed by atoms with Gasteiger partial charge in [-0.3, -0.25) is 0 Å². The highest BCUT2D eigenvalue weighted by molar-refractivity contribution is 5.67. The maximum atomic E-state index is 10.5. The first kappa shape index (κ1) is 14.8. The van der Waals surface area contributed by atoms with E-state index in [2.05, 4.69) is 9.97 Å². The van der Waals surface area contributed by atoms with Gasteiger partial charge in [0.25, 0.3) is 0 Å². The lowest BCUT2D eigenvalue weighted by atomic mass is 10.0. The predicted molar refractivity (Wildman–Crippen MR) is 78.9 cm³/mol. The summed E-state index contributed by atoms with van der Waals surface area (Å²) in [7, 11) is 1.88. The predicted octanol–water partition coefficient (Wildman–Crippen LogP) is 1.59. The van der Waals surface area contributed by atoms with Crippen LogP contribution in [-0.4, -0.2) is 40.4 Å². The molecule has 2 rings (SSSR count). The van der Waals surface area contributed by atoms with Gasteiger partial charge in [0.1, 0.15) is 12.0 Å². The van der Waals surface area contributed by atoms with Gasteiger partial charge in [-0.05, 0) is 26.7 Å². The van der Waals surface area contributed by atoms with Crippen LogP contribution in [0.25, 0.3) is 0 Å². The third-order valence-electron chi connectivity index (χ3n) is 3.60. The molecule has 1 aromatic rings. The minimum Gasteiger partial charge on any atom is -0.473 e. The number of hydrogen-bond donors (Lipinski definition) is 2. The molecule has 0 aromatic carbocycles. The van der Waals surface area contributed by atoms with E-state index in [9.17, 15) is 5.11 Å². The van der Waals surface area contributed by atoms with Crippen molar-refractivity contribution in [2.75, 3.05) is 24.2 Å². The number of aromatic nitrogens is 2. The molecule has 0 bridgehead atoms. The average molecular weight is 280 g/mol. The SMILES string of the molecule is CC(C)Oc1ncnc(N(C)CC2(O)CCCC2)c1N. The van der Waals surface area contributed by atoms with Crippen LogP contribution in [0.4, 0.5) is 11.5 Å². The molecule has 1 aromatic heterocycles. The lowest BCUT2D eigenvalue weighted by Gasteiger charge is -2.30. The first-order valence-electron chi connectivity index (χ1n) is 7.12. The molecule has 0 spiro atoms. The number of nitrogens with zero attached hydrogens (tertiary/aromatic N) is 3. The Morgan fingerprint density at radius 3 is 2.65 bits per heavy atom. The first-order valence-corrected chi connectivity index (χ1v) is 7.12. The average Bonchev–Trinajstić information content (AvgIpc) is 2.77. The van der Waals surface area contributed by atoms with Crippen molar-refractivity contribution < 1.29 is 9.84 Å². The Bertz CT molecular complexity index is 458. The van der Waals surface area contributed by atoms with Gasteiger partial charge in [0.15, 0.2) is 5.82 Å². The molecule has 0 radical (unpaired) electrons. The Balaban J connectivity index is 2.15. The summed E-state index contributed by atoms with van der Waals surface area (Å²) < 4.78 is 5.57. The number of anilines is 2. The third kappa shape index (κ3) is 3.30. The number of rotatable bonds is 5. The highest BCUT2D eigenvalue weighted by Crippen LogP contribution is 2.33. The Morgan fingerprint density at radius 1 is 1.40 bits per heavy atom. The highest BCUT2D eigenvalue weighted by Gasteiger charge is 2.33. The fourth-order valence-electron chi connectivity index (χ4n) is 2.70. The molecule has 0 saturated heterocycles. The molecule has 0 unspecified atom stereocenters. The van der Waals surface area contributed by atoms with E-state index in [1.165, 1.54) is 6.33 Å². The number of aliphatic hydroxyl groups is 1. The van der Waals surface area contributed by atoms with Crippen LogP contribution in [0.3, 0.4) is 0 Å². The molecule has 1 saturated carbocycles. The zero-order valence-corrected chi connectivity index (χ0v) is 12.5. The van der Waals surface area contributed by atoms with Crippen LogP contribution in [0.2, 0.25) is 0 Å². The van der Waals surface area contributed by atoms with Crippen molar-refractivity contribution in [2.24, 2.45) is 0 Å². The summed E-state index contributed by atoms with van der Waals surface area (Å²) in [4.78, 5) is 10.2. The van der Waals surface area contributed by atoms with E-state index in [-0.39, 0.29) is 6.10 Å². The van der Waals surface area contributed by atoms with E-state index in [0.717, 1.165) is 25.7 Å². The molecule has 6 heteroatoms. The van der Waals surface area contributed by atoms with Gasteiger partial charge in [-0.15, -0.1) is 0 Å². The summed E-state index contributed by atoms with van der Waals surface area (Å²) in [6.45, 7) is 4.37. The van der Waals surface area contributed by atoms with E-state index in [4.69, 9.17) is 10.5 Å². The molecular weight excluding hydrogens is 256 g/mol. The van der Waals surface area contributed by atoms with Crippen LogP contribution in [0.15, 0.2) is 6.33 Å². The van der Waals surface area contributed by atoms with Gasteiger partial charge in [0.2, 0.25) is 5.88 Å². The van der Waals surface area contributed by atoms with Gasteiger partial charge in [0.05, 0.1) is 11.7 Å². The van der Waals surface area contributed by atoms with Crippen LogP contribution in [0, 0.1) is 0 Å². The Kier molecular flexibility index (Phi) is 4.32. The Labute approximate surface area is 120 Å². The molecule has 1 aliphatic rings. The number of nitrogens with two attached hydrogens (primary N) is 1. The summed E-state index contributed by atoms with van der Waals surface area (Å²) >= 11 is 0. The fraction of sp³-hybridized carbons (Fsp3) is 0.714. The van der Waals surface area contributed by atoms with Gasteiger partial charge in [0, 0.05) is 13.6 Å². The Hall–Kier alpha value is -1.56. The van der Waals surface area contributed by atoms with Crippen LogP contribution < -0.4 is 15.4 Å². The second kappa shape index (κ2) is 5.83. The molecule has 6 nitrogen and oxygen atoms in total. The number of hydrogen-bond acceptors (Lipinski definition) is 6. The van der Waals surface area contributed by atoms with Crippen molar-refractivity contribution in [1.29, 1.82) is 0 Å². The van der Waals surface area contributed by atoms with Crippen LogP contribution in [-0.2, 0) is 0 Å². The molecule has 0 atom stereocenters. The van der Waals surface area contributed by atoms with Crippen molar-refractivity contribution in [3.05, 3.63) is 6.33 Å². The molecule has 0 aliphatic heterocycles. The quantitative estimate of drug-likeness (QED) is 0.852. The largest absolute Gasteiger partial charge is 0.473 e. The molecule has 1 fully saturated rings. The normalized spacial score (nSPS) is 17.4. The molecule has 3 N–H and O–H groups in total. The third-order valence-corrected chi connectivity index (χ3v) is 3.60. The number of ether oxygens (including phenoxy) is 1. The number of likely N-dealkylation sites (N-methyl/N-ethyl adjacent to an activating group) is 1. The minimum absolute atomic E-state index is 0.00405. The van der Waals surface area contributed by atoms with Gasteiger partial charge in [-0.1, -0.05) is 12.8 Å². The molecule has 1 aliphatic carbocycles. The lowest BCUT2D eigenvalue weighted by Crippen LogP contribution is -2.39.